The van der Waals surface area contributed by atoms with E-state index in [1.54, 1.807) is 0 Å². The van der Waals surface area contributed by atoms with Gasteiger partial charge in [0.2, 0.25) is 0 Å². The molecule has 1 heterocycles. The van der Waals surface area contributed by atoms with Crippen molar-refractivity contribution in [3.05, 3.63) is 54.2 Å². The molecule has 0 fully saturated rings. The monoisotopic (exact) mass is 240 g/mol. The molecule has 0 radical (unpaired) electrons. The molecule has 2 heteroatoms. The molecule has 2 rings (SSSR count). The van der Waals surface area contributed by atoms with E-state index in [2.05, 4.69) is 55.0 Å². The summed E-state index contributed by atoms with van der Waals surface area (Å²) in [5.41, 5.74) is 3.54. The second kappa shape index (κ2) is 5.78. The molecule has 0 bridgehead atoms. The van der Waals surface area contributed by atoms with E-state index in [1.807, 2.05) is 12.3 Å². The van der Waals surface area contributed by atoms with Crippen molar-refractivity contribution in [1.29, 1.82) is 0 Å². The van der Waals surface area contributed by atoms with E-state index in [9.17, 15) is 0 Å². The smallest absolute Gasteiger partial charge is 0.0749 e. The van der Waals surface area contributed by atoms with Gasteiger partial charge in [-0.05, 0) is 31.5 Å². The van der Waals surface area contributed by atoms with Crippen LogP contribution in [0.25, 0.3) is 10.9 Å². The van der Waals surface area contributed by atoms with E-state index in [0.29, 0.717) is 6.04 Å². The number of nitrogens with zero attached hydrogens (tertiary/aromatic N) is 1. The van der Waals surface area contributed by atoms with Crippen molar-refractivity contribution in [2.24, 2.45) is 0 Å². The van der Waals surface area contributed by atoms with Gasteiger partial charge < -0.3 is 5.32 Å². The quantitative estimate of drug-likeness (QED) is 0.803. The molecule has 0 spiro atoms. The Balaban J connectivity index is 2.46. The van der Waals surface area contributed by atoms with Gasteiger partial charge >= 0.3 is 0 Å². The summed E-state index contributed by atoms with van der Waals surface area (Å²) in [5, 5.41) is 4.72. The molecule has 0 amide bonds. The third kappa shape index (κ3) is 2.77. The van der Waals surface area contributed by atoms with E-state index in [1.165, 1.54) is 16.5 Å². The summed E-state index contributed by atoms with van der Waals surface area (Å²) in [4.78, 5) is 4.52. The zero-order valence-electron chi connectivity index (χ0n) is 11.1. The number of nitrogens with one attached hydrogen (secondary N) is 1. The second-order valence-electron chi connectivity index (χ2n) is 4.69. The predicted molar refractivity (Wildman–Crippen MR) is 77.6 cm³/mol. The maximum Gasteiger partial charge on any atom is 0.0749 e. The zero-order valence-corrected chi connectivity index (χ0v) is 11.1. The molecule has 1 aromatic heterocycles. The van der Waals surface area contributed by atoms with Gasteiger partial charge in [0.25, 0.3) is 0 Å². The largest absolute Gasteiger partial charge is 0.310 e. The van der Waals surface area contributed by atoms with Gasteiger partial charge in [0.15, 0.2) is 0 Å². The number of benzene rings is 1. The molecule has 2 aromatic rings. The summed E-state index contributed by atoms with van der Waals surface area (Å²) >= 11 is 0. The van der Waals surface area contributed by atoms with Crippen molar-refractivity contribution in [3.8, 4) is 0 Å². The summed E-state index contributed by atoms with van der Waals surface area (Å²) in [7, 11) is 0. The molecule has 0 aliphatic carbocycles. The van der Waals surface area contributed by atoms with Crippen LogP contribution in [0.4, 0.5) is 0 Å². The van der Waals surface area contributed by atoms with Crippen LogP contribution in [0.3, 0.4) is 0 Å². The molecule has 18 heavy (non-hydrogen) atoms. The van der Waals surface area contributed by atoms with Gasteiger partial charge in [0, 0.05) is 17.6 Å². The minimum absolute atomic E-state index is 0.297. The van der Waals surface area contributed by atoms with Gasteiger partial charge in [-0.1, -0.05) is 36.8 Å². The molecule has 1 N–H and O–H groups in total. The first kappa shape index (κ1) is 12.8. The minimum Gasteiger partial charge on any atom is -0.310 e. The van der Waals surface area contributed by atoms with Gasteiger partial charge in [-0.25, -0.2) is 0 Å². The van der Waals surface area contributed by atoms with Crippen molar-refractivity contribution in [2.45, 2.75) is 26.3 Å². The Morgan fingerprint density at radius 2 is 2.11 bits per heavy atom. The number of hydrogen-bond donors (Lipinski definition) is 1. The average Bonchev–Trinajstić information content (AvgIpc) is 2.37. The fourth-order valence-electron chi connectivity index (χ4n) is 2.30. The predicted octanol–water partition coefficient (Wildman–Crippen LogP) is 3.85. The Morgan fingerprint density at radius 3 is 2.83 bits per heavy atom. The highest BCUT2D eigenvalue weighted by atomic mass is 14.9. The van der Waals surface area contributed by atoms with E-state index in [-0.39, 0.29) is 0 Å². The van der Waals surface area contributed by atoms with Crippen LogP contribution in [-0.2, 0) is 0 Å². The highest BCUT2D eigenvalue weighted by Gasteiger charge is 2.13. The van der Waals surface area contributed by atoms with Gasteiger partial charge in [-0.2, -0.15) is 0 Å². The van der Waals surface area contributed by atoms with Gasteiger partial charge in [0.1, 0.15) is 0 Å². The van der Waals surface area contributed by atoms with Crippen LogP contribution in [0, 0.1) is 0 Å². The van der Waals surface area contributed by atoms with Crippen molar-refractivity contribution in [2.75, 3.05) is 6.54 Å². The molecule has 0 saturated heterocycles. The first-order valence-corrected chi connectivity index (χ1v) is 6.43. The molecule has 1 aromatic carbocycles. The maximum absolute atomic E-state index is 4.52. The highest BCUT2D eigenvalue weighted by Crippen LogP contribution is 2.26. The first-order valence-electron chi connectivity index (χ1n) is 6.43. The average molecular weight is 240 g/mol. The fraction of sp³-hybridized carbons (Fsp3) is 0.312. The topological polar surface area (TPSA) is 24.9 Å². The van der Waals surface area contributed by atoms with Gasteiger partial charge in [0.05, 0.1) is 5.52 Å². The number of fused-ring (bicyclic) bond motifs is 1. The zero-order chi connectivity index (χ0) is 13.0. The van der Waals surface area contributed by atoms with Crippen molar-refractivity contribution < 1.29 is 0 Å². The Labute approximate surface area is 109 Å². The van der Waals surface area contributed by atoms with Crippen LogP contribution in [0.5, 0.6) is 0 Å². The Bertz CT molecular complexity index is 540. The molecule has 0 aliphatic heterocycles. The molecule has 1 atom stereocenters. The Morgan fingerprint density at radius 1 is 1.33 bits per heavy atom. The fourth-order valence-corrected chi connectivity index (χ4v) is 2.30. The SMILES string of the molecule is C=C(C)CC(NCC)c1cccc2cccnc12. The molecule has 2 nitrogen and oxygen atoms in total. The molecular formula is C16H20N2. The lowest BCUT2D eigenvalue weighted by Crippen LogP contribution is -2.21. The third-order valence-electron chi connectivity index (χ3n) is 3.04. The summed E-state index contributed by atoms with van der Waals surface area (Å²) < 4.78 is 0. The van der Waals surface area contributed by atoms with Crippen LogP contribution in [0.2, 0.25) is 0 Å². The van der Waals surface area contributed by atoms with E-state index in [4.69, 9.17) is 0 Å². The molecule has 0 aliphatic rings. The second-order valence-corrected chi connectivity index (χ2v) is 4.69. The molecule has 0 saturated carbocycles. The first-order chi connectivity index (χ1) is 8.72. The van der Waals surface area contributed by atoms with Crippen LogP contribution in [0.15, 0.2) is 48.7 Å². The molecule has 94 valence electrons. The number of aromatic nitrogens is 1. The van der Waals surface area contributed by atoms with E-state index >= 15 is 0 Å². The van der Waals surface area contributed by atoms with Crippen molar-refractivity contribution >= 4 is 10.9 Å². The summed E-state index contributed by atoms with van der Waals surface area (Å²) in [5.74, 6) is 0. The molecule has 1 unspecified atom stereocenters. The minimum atomic E-state index is 0.297. The van der Waals surface area contributed by atoms with Crippen molar-refractivity contribution in [3.63, 3.8) is 0 Å². The van der Waals surface area contributed by atoms with Crippen LogP contribution in [-0.4, -0.2) is 11.5 Å². The van der Waals surface area contributed by atoms with Crippen molar-refractivity contribution in [1.82, 2.24) is 10.3 Å². The summed E-state index contributed by atoms with van der Waals surface area (Å²) in [6.45, 7) is 9.17. The highest BCUT2D eigenvalue weighted by molar-refractivity contribution is 5.82. The van der Waals surface area contributed by atoms with Gasteiger partial charge in [-0.3, -0.25) is 4.98 Å². The van der Waals surface area contributed by atoms with E-state index < -0.39 is 0 Å². The summed E-state index contributed by atoms with van der Waals surface area (Å²) in [6, 6.07) is 10.7. The lowest BCUT2D eigenvalue weighted by Gasteiger charge is -2.19. The van der Waals surface area contributed by atoms with Crippen LogP contribution in [0.1, 0.15) is 31.9 Å². The number of hydrogen-bond acceptors (Lipinski definition) is 2. The third-order valence-corrected chi connectivity index (χ3v) is 3.04. The summed E-state index contributed by atoms with van der Waals surface area (Å²) in [6.07, 6.45) is 2.80. The maximum atomic E-state index is 4.52. The van der Waals surface area contributed by atoms with Gasteiger partial charge in [-0.15, -0.1) is 6.58 Å². The van der Waals surface area contributed by atoms with Crippen LogP contribution < -0.4 is 5.32 Å². The number of para-hydroxylation sites is 1. The Kier molecular flexibility index (Phi) is 4.11. The van der Waals surface area contributed by atoms with Crippen LogP contribution >= 0.6 is 0 Å². The normalized spacial score (nSPS) is 12.6. The lowest BCUT2D eigenvalue weighted by atomic mass is 9.97. The standard InChI is InChI=1S/C16H20N2/c1-4-17-15(11-12(2)3)14-9-5-7-13-8-6-10-18-16(13)14/h5-10,15,17H,2,4,11H2,1,3H3. The molecular weight excluding hydrogens is 220 g/mol. The number of rotatable bonds is 5. The number of pyridine rings is 1. The lowest BCUT2D eigenvalue weighted by molar-refractivity contribution is 0.551. The Hall–Kier alpha value is -1.67. The van der Waals surface area contributed by atoms with E-state index in [0.717, 1.165) is 18.5 Å².